The number of nitrogens with one attached hydrogen (secondary N) is 1. The molecule has 0 unspecified atom stereocenters. The van der Waals surface area contributed by atoms with Crippen molar-refractivity contribution in [3.63, 3.8) is 0 Å². The predicted molar refractivity (Wildman–Crippen MR) is 81.0 cm³/mol. The number of hydrogen-bond acceptors (Lipinski definition) is 4. The van der Waals surface area contributed by atoms with Gasteiger partial charge in [0.1, 0.15) is 11.2 Å². The first-order valence-corrected chi connectivity index (χ1v) is 7.92. The molecule has 5 nitrogen and oxygen atoms in total. The number of nitrogens with zero attached hydrogens (tertiary/aromatic N) is 2. The van der Waals surface area contributed by atoms with Crippen LogP contribution in [0.1, 0.15) is 11.1 Å². The largest absolute Gasteiger partial charge is 0.278 e. The van der Waals surface area contributed by atoms with E-state index in [-0.39, 0.29) is 21.2 Å². The molecule has 0 saturated heterocycles. The van der Waals surface area contributed by atoms with Gasteiger partial charge in [-0.05, 0) is 36.8 Å². The van der Waals surface area contributed by atoms with E-state index in [1.165, 1.54) is 24.4 Å². The molecule has 2 aromatic rings. The van der Waals surface area contributed by atoms with Crippen molar-refractivity contribution in [2.45, 2.75) is 11.8 Å². The number of pyridine rings is 1. The molecule has 1 N–H and O–H groups in total. The van der Waals surface area contributed by atoms with Crippen LogP contribution in [0.25, 0.3) is 0 Å². The van der Waals surface area contributed by atoms with E-state index in [1.54, 1.807) is 13.0 Å². The van der Waals surface area contributed by atoms with Crippen LogP contribution in [0, 0.1) is 18.3 Å². The summed E-state index contributed by atoms with van der Waals surface area (Å²) in [7, 11) is -3.82. The molecule has 0 saturated carbocycles. The first kappa shape index (κ1) is 15.6. The fourth-order valence-electron chi connectivity index (χ4n) is 1.58. The van der Waals surface area contributed by atoms with Gasteiger partial charge in [-0.2, -0.15) is 5.26 Å². The standard InChI is InChI=1S/C13H9Cl2N3O2S/c1-8-4-10(7-17-13(8)15)18-21(19,20)11-3-2-9(6-16)12(14)5-11/h2-5,7,18H,1H3. The summed E-state index contributed by atoms with van der Waals surface area (Å²) in [4.78, 5) is 3.83. The summed E-state index contributed by atoms with van der Waals surface area (Å²) in [5.41, 5.74) is 1.15. The lowest BCUT2D eigenvalue weighted by Crippen LogP contribution is -2.13. The molecule has 21 heavy (non-hydrogen) atoms. The number of halogens is 2. The Morgan fingerprint density at radius 1 is 1.29 bits per heavy atom. The minimum atomic E-state index is -3.82. The maximum Gasteiger partial charge on any atom is 0.261 e. The molecule has 1 heterocycles. The van der Waals surface area contributed by atoms with Gasteiger partial charge in [-0.25, -0.2) is 13.4 Å². The number of nitriles is 1. The summed E-state index contributed by atoms with van der Waals surface area (Å²) < 4.78 is 26.8. The smallest absolute Gasteiger partial charge is 0.261 e. The van der Waals surface area contributed by atoms with Crippen LogP contribution < -0.4 is 4.72 Å². The topological polar surface area (TPSA) is 82.9 Å². The van der Waals surface area contributed by atoms with E-state index in [4.69, 9.17) is 28.5 Å². The summed E-state index contributed by atoms with van der Waals surface area (Å²) in [6.45, 7) is 1.71. The Balaban J connectivity index is 2.36. The van der Waals surface area contributed by atoms with E-state index in [9.17, 15) is 8.42 Å². The molecule has 2 rings (SSSR count). The SMILES string of the molecule is Cc1cc(NS(=O)(=O)c2ccc(C#N)c(Cl)c2)cnc1Cl. The predicted octanol–water partition coefficient (Wildman–Crippen LogP) is 3.37. The molecule has 1 aromatic heterocycles. The third kappa shape index (κ3) is 3.45. The van der Waals surface area contributed by atoms with Gasteiger partial charge in [0.2, 0.25) is 0 Å². The van der Waals surface area contributed by atoms with Crippen molar-refractivity contribution in [2.24, 2.45) is 0 Å². The third-order valence-electron chi connectivity index (χ3n) is 2.64. The van der Waals surface area contributed by atoms with Crippen LogP contribution in [0.2, 0.25) is 10.2 Å². The molecule has 0 aliphatic heterocycles. The van der Waals surface area contributed by atoms with Crippen LogP contribution >= 0.6 is 23.2 Å². The zero-order valence-electron chi connectivity index (χ0n) is 10.8. The number of aromatic nitrogens is 1. The molecule has 0 fully saturated rings. The molecule has 0 amide bonds. The van der Waals surface area contributed by atoms with Gasteiger partial charge in [-0.1, -0.05) is 23.2 Å². The van der Waals surface area contributed by atoms with E-state index in [0.717, 1.165) is 0 Å². The van der Waals surface area contributed by atoms with E-state index in [1.807, 2.05) is 6.07 Å². The highest BCUT2D eigenvalue weighted by Gasteiger charge is 2.16. The van der Waals surface area contributed by atoms with Crippen LogP contribution in [0.4, 0.5) is 5.69 Å². The van der Waals surface area contributed by atoms with Crippen LogP contribution in [0.3, 0.4) is 0 Å². The minimum absolute atomic E-state index is 0.0425. The lowest BCUT2D eigenvalue weighted by Gasteiger charge is -2.09. The number of benzene rings is 1. The van der Waals surface area contributed by atoms with Gasteiger partial charge in [-0.3, -0.25) is 4.72 Å². The lowest BCUT2D eigenvalue weighted by atomic mass is 10.2. The Bertz CT molecular complexity index is 845. The van der Waals surface area contributed by atoms with E-state index >= 15 is 0 Å². The average Bonchev–Trinajstić information content (AvgIpc) is 2.42. The van der Waals surface area contributed by atoms with Gasteiger partial charge in [0, 0.05) is 0 Å². The minimum Gasteiger partial charge on any atom is -0.278 e. The third-order valence-corrected chi connectivity index (χ3v) is 4.73. The van der Waals surface area contributed by atoms with Crippen molar-refractivity contribution in [1.82, 2.24) is 4.98 Å². The van der Waals surface area contributed by atoms with Crippen molar-refractivity contribution in [3.8, 4) is 6.07 Å². The maximum absolute atomic E-state index is 12.2. The summed E-state index contributed by atoms with van der Waals surface area (Å²) >= 11 is 11.6. The molecule has 0 spiro atoms. The highest BCUT2D eigenvalue weighted by atomic mass is 35.5. The number of hydrogen-bond donors (Lipinski definition) is 1. The van der Waals surface area contributed by atoms with Gasteiger partial charge in [-0.15, -0.1) is 0 Å². The fourth-order valence-corrected chi connectivity index (χ4v) is 3.03. The monoisotopic (exact) mass is 341 g/mol. The Morgan fingerprint density at radius 3 is 2.57 bits per heavy atom. The number of rotatable bonds is 3. The Kier molecular flexibility index (Phi) is 4.37. The van der Waals surface area contributed by atoms with Gasteiger partial charge in [0.05, 0.1) is 27.4 Å². The molecule has 0 radical (unpaired) electrons. The molecule has 8 heteroatoms. The molecule has 0 atom stereocenters. The molecule has 108 valence electrons. The number of sulfonamides is 1. The van der Waals surface area contributed by atoms with E-state index in [2.05, 4.69) is 9.71 Å². The molecule has 1 aromatic carbocycles. The first-order valence-electron chi connectivity index (χ1n) is 5.68. The first-order chi connectivity index (χ1) is 9.83. The summed E-state index contributed by atoms with van der Waals surface area (Å²) in [5.74, 6) is 0. The van der Waals surface area contributed by atoms with Crippen molar-refractivity contribution in [1.29, 1.82) is 5.26 Å². The quantitative estimate of drug-likeness (QED) is 0.867. The Labute approximate surface area is 132 Å². The van der Waals surface area contributed by atoms with Gasteiger partial charge >= 0.3 is 0 Å². The number of aryl methyl sites for hydroxylation is 1. The van der Waals surface area contributed by atoms with Gasteiger partial charge in [0.15, 0.2) is 0 Å². The van der Waals surface area contributed by atoms with Gasteiger partial charge in [0.25, 0.3) is 10.0 Å². The molecule has 0 aliphatic carbocycles. The van der Waals surface area contributed by atoms with Crippen LogP contribution in [0.15, 0.2) is 35.4 Å². The Hall–Kier alpha value is -1.81. The molecule has 0 aliphatic rings. The van der Waals surface area contributed by atoms with Crippen molar-refractivity contribution in [2.75, 3.05) is 4.72 Å². The second-order valence-corrected chi connectivity index (χ2v) is 6.64. The van der Waals surface area contributed by atoms with E-state index < -0.39 is 10.0 Å². The highest BCUT2D eigenvalue weighted by molar-refractivity contribution is 7.92. The van der Waals surface area contributed by atoms with Crippen molar-refractivity contribution >= 4 is 38.9 Å². The van der Waals surface area contributed by atoms with E-state index in [0.29, 0.717) is 10.7 Å². The highest BCUT2D eigenvalue weighted by Crippen LogP contribution is 2.23. The zero-order valence-corrected chi connectivity index (χ0v) is 13.1. The molecular weight excluding hydrogens is 333 g/mol. The lowest BCUT2D eigenvalue weighted by molar-refractivity contribution is 0.601. The molecule has 0 bridgehead atoms. The van der Waals surface area contributed by atoms with Crippen LogP contribution in [0.5, 0.6) is 0 Å². The summed E-state index contributed by atoms with van der Waals surface area (Å²) in [6, 6.07) is 7.31. The Morgan fingerprint density at radius 2 is 2.00 bits per heavy atom. The van der Waals surface area contributed by atoms with Crippen molar-refractivity contribution in [3.05, 3.63) is 51.8 Å². The molecular formula is C13H9Cl2N3O2S. The summed E-state index contributed by atoms with van der Waals surface area (Å²) in [6.07, 6.45) is 1.32. The second kappa shape index (κ2) is 5.90. The normalized spacial score (nSPS) is 11.0. The number of anilines is 1. The van der Waals surface area contributed by atoms with Crippen molar-refractivity contribution < 1.29 is 8.42 Å². The van der Waals surface area contributed by atoms with Gasteiger partial charge < -0.3 is 0 Å². The zero-order chi connectivity index (χ0) is 15.6. The summed E-state index contributed by atoms with van der Waals surface area (Å²) in [5, 5.41) is 9.16. The maximum atomic E-state index is 12.2. The average molecular weight is 342 g/mol. The van der Waals surface area contributed by atoms with Crippen LogP contribution in [-0.4, -0.2) is 13.4 Å². The van der Waals surface area contributed by atoms with Crippen LogP contribution in [-0.2, 0) is 10.0 Å². The fraction of sp³-hybridized carbons (Fsp3) is 0.0769. The second-order valence-electron chi connectivity index (χ2n) is 4.19.